The van der Waals surface area contributed by atoms with Gasteiger partial charge < -0.3 is 9.32 Å². The zero-order valence-corrected chi connectivity index (χ0v) is 16.1. The molecule has 2 aromatic rings. The molecule has 2 atom stereocenters. The van der Waals surface area contributed by atoms with Crippen LogP contribution < -0.4 is 0 Å². The fraction of sp³-hybridized carbons (Fsp3) is 0.632. The van der Waals surface area contributed by atoms with Gasteiger partial charge in [0.2, 0.25) is 5.91 Å². The van der Waals surface area contributed by atoms with E-state index in [1.54, 1.807) is 6.26 Å². The summed E-state index contributed by atoms with van der Waals surface area (Å²) < 4.78 is 7.44. The molecule has 2 aliphatic rings. The van der Waals surface area contributed by atoms with Crippen molar-refractivity contribution in [2.75, 3.05) is 18.8 Å². The van der Waals surface area contributed by atoms with E-state index in [2.05, 4.69) is 22.0 Å². The van der Waals surface area contributed by atoms with E-state index in [1.165, 1.54) is 43.9 Å². The highest BCUT2D eigenvalue weighted by Gasteiger charge is 2.32. The van der Waals surface area contributed by atoms with Crippen LogP contribution in [0, 0.1) is 11.8 Å². The average Bonchev–Trinajstić information content (AvgIpc) is 3.34. The summed E-state index contributed by atoms with van der Waals surface area (Å²) in [7, 11) is 0. The van der Waals surface area contributed by atoms with Crippen LogP contribution in [0.3, 0.4) is 0 Å². The molecule has 4 rings (SSSR count). The SMILES string of the molecule is CCn1c(SCC(=O)N2CC[C@H]3CCCC[C@H]3C2)nnc1-c1ccco1. The van der Waals surface area contributed by atoms with Crippen molar-refractivity contribution >= 4 is 17.7 Å². The highest BCUT2D eigenvalue weighted by molar-refractivity contribution is 7.99. The second-order valence-corrected chi connectivity index (χ2v) is 8.19. The molecule has 1 amide bonds. The van der Waals surface area contributed by atoms with Crippen LogP contribution >= 0.6 is 11.8 Å². The second-order valence-electron chi connectivity index (χ2n) is 7.25. The zero-order valence-electron chi connectivity index (χ0n) is 15.3. The third-order valence-electron chi connectivity index (χ3n) is 5.74. The zero-order chi connectivity index (χ0) is 17.9. The minimum atomic E-state index is 0.226. The van der Waals surface area contributed by atoms with E-state index in [0.29, 0.717) is 11.5 Å². The average molecular weight is 375 g/mol. The minimum Gasteiger partial charge on any atom is -0.461 e. The molecule has 1 saturated heterocycles. The van der Waals surface area contributed by atoms with E-state index in [9.17, 15) is 4.79 Å². The first kappa shape index (κ1) is 17.6. The number of furan rings is 1. The summed E-state index contributed by atoms with van der Waals surface area (Å²) in [6.07, 6.45) is 8.15. The maximum absolute atomic E-state index is 12.7. The second kappa shape index (κ2) is 7.86. The molecule has 0 radical (unpaired) electrons. The fourth-order valence-corrected chi connectivity index (χ4v) is 5.22. The van der Waals surface area contributed by atoms with Gasteiger partial charge in [0.05, 0.1) is 12.0 Å². The van der Waals surface area contributed by atoms with Gasteiger partial charge in [-0.25, -0.2) is 0 Å². The lowest BCUT2D eigenvalue weighted by Crippen LogP contribution is -2.45. The van der Waals surface area contributed by atoms with Crippen molar-refractivity contribution in [3.8, 4) is 11.6 Å². The van der Waals surface area contributed by atoms with Gasteiger partial charge in [0.1, 0.15) is 0 Å². The first-order valence-corrected chi connectivity index (χ1v) is 10.6. The van der Waals surface area contributed by atoms with Gasteiger partial charge in [-0.2, -0.15) is 0 Å². The maximum atomic E-state index is 12.7. The van der Waals surface area contributed by atoms with Crippen molar-refractivity contribution in [3.05, 3.63) is 18.4 Å². The molecule has 2 fully saturated rings. The van der Waals surface area contributed by atoms with E-state index in [1.807, 2.05) is 16.7 Å². The van der Waals surface area contributed by atoms with Gasteiger partial charge in [0, 0.05) is 19.6 Å². The molecule has 7 heteroatoms. The first-order valence-electron chi connectivity index (χ1n) is 9.64. The molecule has 1 aliphatic carbocycles. The predicted molar refractivity (Wildman–Crippen MR) is 101 cm³/mol. The number of likely N-dealkylation sites (tertiary alicyclic amines) is 1. The van der Waals surface area contributed by atoms with E-state index >= 15 is 0 Å². The van der Waals surface area contributed by atoms with E-state index in [-0.39, 0.29) is 5.91 Å². The molecule has 140 valence electrons. The molecule has 1 saturated carbocycles. The molecule has 26 heavy (non-hydrogen) atoms. The van der Waals surface area contributed by atoms with Crippen LogP contribution in [-0.2, 0) is 11.3 Å². The van der Waals surface area contributed by atoms with Gasteiger partial charge in [-0.3, -0.25) is 9.36 Å². The van der Waals surface area contributed by atoms with E-state index in [4.69, 9.17) is 4.42 Å². The number of aromatic nitrogens is 3. The summed E-state index contributed by atoms with van der Waals surface area (Å²) >= 11 is 1.48. The summed E-state index contributed by atoms with van der Waals surface area (Å²) in [6.45, 7) is 4.66. The van der Waals surface area contributed by atoms with Gasteiger partial charge in [-0.1, -0.05) is 31.0 Å². The molecule has 0 spiro atoms. The Bertz CT molecular complexity index is 743. The number of thioether (sulfide) groups is 1. The summed E-state index contributed by atoms with van der Waals surface area (Å²) in [5.74, 6) is 3.64. The summed E-state index contributed by atoms with van der Waals surface area (Å²) in [5.41, 5.74) is 0. The lowest BCUT2D eigenvalue weighted by molar-refractivity contribution is -0.131. The van der Waals surface area contributed by atoms with Crippen LogP contribution in [-0.4, -0.2) is 44.4 Å². The van der Waals surface area contributed by atoms with Crippen LogP contribution in [0.5, 0.6) is 0 Å². The molecule has 3 heterocycles. The Kier molecular flexibility index (Phi) is 5.33. The van der Waals surface area contributed by atoms with Crippen LogP contribution in [0.4, 0.5) is 0 Å². The summed E-state index contributed by atoms with van der Waals surface area (Å²) in [6, 6.07) is 3.72. The Labute approximate surface area is 158 Å². The van der Waals surface area contributed by atoms with Crippen molar-refractivity contribution in [2.24, 2.45) is 11.8 Å². The fourth-order valence-electron chi connectivity index (χ4n) is 4.31. The predicted octanol–water partition coefficient (Wildman–Crippen LogP) is 3.69. The van der Waals surface area contributed by atoms with Gasteiger partial charge in [-0.15, -0.1) is 10.2 Å². The van der Waals surface area contributed by atoms with Gasteiger partial charge >= 0.3 is 0 Å². The molecule has 0 N–H and O–H groups in total. The Balaban J connectivity index is 1.37. The highest BCUT2D eigenvalue weighted by Crippen LogP contribution is 2.36. The van der Waals surface area contributed by atoms with Crippen molar-refractivity contribution in [3.63, 3.8) is 0 Å². The molecule has 0 aromatic carbocycles. The number of carbonyl (C=O) groups excluding carboxylic acids is 1. The summed E-state index contributed by atoms with van der Waals surface area (Å²) in [4.78, 5) is 14.8. The molecular weight excluding hydrogens is 348 g/mol. The third-order valence-corrected chi connectivity index (χ3v) is 6.69. The molecule has 0 unspecified atom stereocenters. The lowest BCUT2D eigenvalue weighted by Gasteiger charge is -2.41. The largest absolute Gasteiger partial charge is 0.461 e. The first-order chi connectivity index (χ1) is 12.8. The third kappa shape index (κ3) is 3.54. The topological polar surface area (TPSA) is 64.2 Å². The number of fused-ring (bicyclic) bond motifs is 1. The molecule has 6 nitrogen and oxygen atoms in total. The monoisotopic (exact) mass is 374 g/mol. The van der Waals surface area contributed by atoms with Crippen molar-refractivity contribution < 1.29 is 9.21 Å². The van der Waals surface area contributed by atoms with Gasteiger partial charge in [0.15, 0.2) is 16.7 Å². The highest BCUT2D eigenvalue weighted by atomic mass is 32.2. The number of hydrogen-bond donors (Lipinski definition) is 0. The summed E-state index contributed by atoms with van der Waals surface area (Å²) in [5, 5.41) is 9.30. The van der Waals surface area contributed by atoms with E-state index < -0.39 is 0 Å². The molecule has 2 aromatic heterocycles. The smallest absolute Gasteiger partial charge is 0.233 e. The number of rotatable bonds is 5. The van der Waals surface area contributed by atoms with Crippen LogP contribution in [0.1, 0.15) is 39.0 Å². The number of carbonyl (C=O) groups is 1. The Morgan fingerprint density at radius 3 is 2.88 bits per heavy atom. The quantitative estimate of drug-likeness (QED) is 0.747. The number of hydrogen-bond acceptors (Lipinski definition) is 5. The number of nitrogens with zero attached hydrogens (tertiary/aromatic N) is 4. The van der Waals surface area contributed by atoms with Gasteiger partial charge in [0.25, 0.3) is 0 Å². The lowest BCUT2D eigenvalue weighted by atomic mass is 9.75. The van der Waals surface area contributed by atoms with Crippen LogP contribution in [0.2, 0.25) is 0 Å². The van der Waals surface area contributed by atoms with E-state index in [0.717, 1.165) is 42.5 Å². The minimum absolute atomic E-state index is 0.226. The maximum Gasteiger partial charge on any atom is 0.233 e. The Hall–Kier alpha value is -1.76. The van der Waals surface area contributed by atoms with Crippen LogP contribution in [0.25, 0.3) is 11.6 Å². The Morgan fingerprint density at radius 2 is 2.12 bits per heavy atom. The van der Waals surface area contributed by atoms with Gasteiger partial charge in [-0.05, 0) is 43.7 Å². The molecule has 0 bridgehead atoms. The Morgan fingerprint density at radius 1 is 1.27 bits per heavy atom. The molecule has 1 aliphatic heterocycles. The standard InChI is InChI=1S/C19H26N4O2S/c1-2-23-18(16-8-5-11-25-16)20-21-19(23)26-13-17(24)22-10-9-14-6-3-4-7-15(14)12-22/h5,8,11,14-15H,2-4,6-7,9-10,12-13H2,1H3/t14-,15+/m1/s1. The van der Waals surface area contributed by atoms with Crippen molar-refractivity contribution in [2.45, 2.75) is 50.7 Å². The van der Waals surface area contributed by atoms with Crippen LogP contribution in [0.15, 0.2) is 28.0 Å². The van der Waals surface area contributed by atoms with Crippen molar-refractivity contribution in [1.29, 1.82) is 0 Å². The van der Waals surface area contributed by atoms with Crippen molar-refractivity contribution in [1.82, 2.24) is 19.7 Å². The number of amides is 1. The molecular formula is C19H26N4O2S. The normalized spacial score (nSPS) is 23.0. The number of piperidine rings is 1.